The maximum Gasteiger partial charge on any atom is 0.305 e. The van der Waals surface area contributed by atoms with Gasteiger partial charge in [0.05, 0.1) is 6.61 Å². The van der Waals surface area contributed by atoms with Crippen LogP contribution in [0.4, 0.5) is 0 Å². The van der Waals surface area contributed by atoms with Gasteiger partial charge in [0.2, 0.25) is 6.41 Å². The van der Waals surface area contributed by atoms with E-state index in [9.17, 15) is 9.59 Å². The van der Waals surface area contributed by atoms with Crippen molar-refractivity contribution in [2.24, 2.45) is 0 Å². The Balaban J connectivity index is 3.02. The summed E-state index contributed by atoms with van der Waals surface area (Å²) in [6.07, 6.45) is 3.44. The summed E-state index contributed by atoms with van der Waals surface area (Å²) in [6.45, 7) is 5.37. The lowest BCUT2D eigenvalue weighted by molar-refractivity contribution is -0.143. The van der Waals surface area contributed by atoms with Crippen molar-refractivity contribution in [1.82, 2.24) is 5.32 Å². The Hall–Kier alpha value is -1.14. The molecule has 1 N–H and O–H groups in total. The summed E-state index contributed by atoms with van der Waals surface area (Å²) in [5, 5.41) is 2.57. The van der Waals surface area contributed by atoms with Crippen molar-refractivity contribution in [2.45, 2.75) is 32.6 Å². The van der Waals surface area contributed by atoms with E-state index >= 15 is 0 Å². The van der Waals surface area contributed by atoms with E-state index < -0.39 is 0 Å². The normalized spacial score (nSPS) is 10.2. The Bertz CT molecular complexity index is 223. The van der Waals surface area contributed by atoms with Gasteiger partial charge in [-0.3, -0.25) is 9.59 Å². The molecule has 0 rings (SSSR count). The topological polar surface area (TPSA) is 73.9 Å². The van der Waals surface area contributed by atoms with E-state index in [0.717, 1.165) is 12.8 Å². The number of hydrogen-bond acceptors (Lipinski definition) is 5. The zero-order chi connectivity index (χ0) is 14.2. The predicted octanol–water partition coefficient (Wildman–Crippen LogP) is 0.889. The number of ether oxygens (including phenoxy) is 3. The molecule has 6 nitrogen and oxygen atoms in total. The molecular formula is C13H25NO5. The summed E-state index contributed by atoms with van der Waals surface area (Å²) < 4.78 is 15.5. The van der Waals surface area contributed by atoms with Crippen molar-refractivity contribution in [3.05, 3.63) is 0 Å². The van der Waals surface area contributed by atoms with E-state index in [1.807, 2.05) is 0 Å². The molecule has 0 atom stereocenters. The number of amides is 1. The Morgan fingerprint density at radius 2 is 1.68 bits per heavy atom. The summed E-state index contributed by atoms with van der Waals surface area (Å²) >= 11 is 0. The van der Waals surface area contributed by atoms with Crippen LogP contribution in [-0.4, -0.2) is 52.0 Å². The number of carbonyl (C=O) groups excluding carboxylic acids is 2. The Kier molecular flexibility index (Phi) is 14.0. The van der Waals surface area contributed by atoms with Crippen LogP contribution in [0.25, 0.3) is 0 Å². The van der Waals surface area contributed by atoms with Crippen LogP contribution >= 0.6 is 0 Å². The van der Waals surface area contributed by atoms with Crippen molar-refractivity contribution >= 4 is 12.4 Å². The molecule has 0 aliphatic carbocycles. The van der Waals surface area contributed by atoms with Crippen molar-refractivity contribution in [3.63, 3.8) is 0 Å². The highest BCUT2D eigenvalue weighted by Gasteiger charge is 2.00. The Labute approximate surface area is 114 Å². The first-order chi connectivity index (χ1) is 9.31. The van der Waals surface area contributed by atoms with Gasteiger partial charge < -0.3 is 19.5 Å². The number of carbonyl (C=O) groups is 2. The maximum atomic E-state index is 11.0. The van der Waals surface area contributed by atoms with Crippen molar-refractivity contribution in [2.75, 3.05) is 39.6 Å². The van der Waals surface area contributed by atoms with Crippen LogP contribution in [0.1, 0.15) is 32.6 Å². The third-order valence-corrected chi connectivity index (χ3v) is 2.25. The Morgan fingerprint density at radius 1 is 1.05 bits per heavy atom. The molecule has 1 amide bonds. The third-order valence-electron chi connectivity index (χ3n) is 2.25. The first-order valence-corrected chi connectivity index (χ1v) is 6.79. The first kappa shape index (κ1) is 17.9. The van der Waals surface area contributed by atoms with E-state index in [2.05, 4.69) is 5.32 Å². The van der Waals surface area contributed by atoms with Gasteiger partial charge in [-0.1, -0.05) is 0 Å². The molecule has 0 aromatic carbocycles. The summed E-state index contributed by atoms with van der Waals surface area (Å²) in [5.41, 5.74) is 0. The quantitative estimate of drug-likeness (QED) is 0.289. The SMILES string of the molecule is CCOC(=O)CCCOCCCOCCCNC=O. The minimum atomic E-state index is -0.168. The van der Waals surface area contributed by atoms with Crippen molar-refractivity contribution in [1.29, 1.82) is 0 Å². The van der Waals surface area contributed by atoms with Crippen LogP contribution in [0.3, 0.4) is 0 Å². The van der Waals surface area contributed by atoms with E-state index in [0.29, 0.717) is 58.8 Å². The molecule has 0 heterocycles. The fourth-order valence-corrected chi connectivity index (χ4v) is 1.35. The molecule has 112 valence electrons. The van der Waals surface area contributed by atoms with Gasteiger partial charge in [0, 0.05) is 39.4 Å². The van der Waals surface area contributed by atoms with Crippen LogP contribution in [0, 0.1) is 0 Å². The average Bonchev–Trinajstić information content (AvgIpc) is 2.40. The monoisotopic (exact) mass is 275 g/mol. The zero-order valence-corrected chi connectivity index (χ0v) is 11.7. The van der Waals surface area contributed by atoms with Gasteiger partial charge in [0.1, 0.15) is 0 Å². The lowest BCUT2D eigenvalue weighted by Gasteiger charge is -2.05. The van der Waals surface area contributed by atoms with Gasteiger partial charge in [0.15, 0.2) is 0 Å². The summed E-state index contributed by atoms with van der Waals surface area (Å²) in [4.78, 5) is 20.9. The van der Waals surface area contributed by atoms with Crippen LogP contribution in [0.5, 0.6) is 0 Å². The molecule has 0 fully saturated rings. The van der Waals surface area contributed by atoms with Crippen LogP contribution in [-0.2, 0) is 23.8 Å². The molecule has 0 aromatic heterocycles. The van der Waals surface area contributed by atoms with E-state index in [1.165, 1.54) is 0 Å². The zero-order valence-electron chi connectivity index (χ0n) is 11.7. The van der Waals surface area contributed by atoms with E-state index in [4.69, 9.17) is 14.2 Å². The minimum absolute atomic E-state index is 0.168. The average molecular weight is 275 g/mol. The molecule has 0 radical (unpaired) electrons. The highest BCUT2D eigenvalue weighted by Crippen LogP contribution is 1.95. The molecule has 0 unspecified atom stereocenters. The lowest BCUT2D eigenvalue weighted by Crippen LogP contribution is -2.14. The summed E-state index contributed by atoms with van der Waals surface area (Å²) in [7, 11) is 0. The third kappa shape index (κ3) is 14.8. The molecule has 0 bridgehead atoms. The second-order valence-electron chi connectivity index (χ2n) is 3.91. The highest BCUT2D eigenvalue weighted by atomic mass is 16.5. The van der Waals surface area contributed by atoms with Crippen molar-refractivity contribution < 1.29 is 23.8 Å². The number of rotatable bonds is 14. The van der Waals surface area contributed by atoms with Gasteiger partial charge in [-0.15, -0.1) is 0 Å². The van der Waals surface area contributed by atoms with Gasteiger partial charge in [-0.2, -0.15) is 0 Å². The Morgan fingerprint density at radius 3 is 2.32 bits per heavy atom. The largest absolute Gasteiger partial charge is 0.466 e. The van der Waals surface area contributed by atoms with Crippen molar-refractivity contribution in [3.8, 4) is 0 Å². The first-order valence-electron chi connectivity index (χ1n) is 6.79. The molecule has 0 aromatic rings. The predicted molar refractivity (Wildman–Crippen MR) is 70.8 cm³/mol. The highest BCUT2D eigenvalue weighted by molar-refractivity contribution is 5.69. The molecular weight excluding hydrogens is 250 g/mol. The second kappa shape index (κ2) is 14.9. The molecule has 0 aliphatic heterocycles. The van der Waals surface area contributed by atoms with E-state index in [1.54, 1.807) is 6.92 Å². The number of nitrogens with one attached hydrogen (secondary N) is 1. The van der Waals surface area contributed by atoms with Crippen LogP contribution in [0.2, 0.25) is 0 Å². The number of hydrogen-bond donors (Lipinski definition) is 1. The standard InChI is InChI=1S/C13H25NO5/c1-2-19-13(16)6-3-8-17-10-5-11-18-9-4-7-14-12-15/h12H,2-11H2,1H3,(H,14,15). The van der Waals surface area contributed by atoms with E-state index in [-0.39, 0.29) is 5.97 Å². The van der Waals surface area contributed by atoms with Gasteiger partial charge in [-0.25, -0.2) is 0 Å². The second-order valence-corrected chi connectivity index (χ2v) is 3.91. The maximum absolute atomic E-state index is 11.0. The molecule has 0 spiro atoms. The van der Waals surface area contributed by atoms with Gasteiger partial charge in [0.25, 0.3) is 0 Å². The smallest absolute Gasteiger partial charge is 0.305 e. The van der Waals surface area contributed by atoms with Gasteiger partial charge >= 0.3 is 5.97 Å². The fraction of sp³-hybridized carbons (Fsp3) is 0.846. The fourth-order valence-electron chi connectivity index (χ4n) is 1.35. The van der Waals surface area contributed by atoms with Gasteiger partial charge in [-0.05, 0) is 26.2 Å². The number of esters is 1. The minimum Gasteiger partial charge on any atom is -0.466 e. The van der Waals surface area contributed by atoms with Crippen LogP contribution in [0.15, 0.2) is 0 Å². The molecule has 0 aliphatic rings. The molecule has 19 heavy (non-hydrogen) atoms. The summed E-state index contributed by atoms with van der Waals surface area (Å²) in [5.74, 6) is -0.168. The molecule has 6 heteroatoms. The summed E-state index contributed by atoms with van der Waals surface area (Å²) in [6, 6.07) is 0. The lowest BCUT2D eigenvalue weighted by atomic mass is 10.3. The molecule has 0 saturated carbocycles. The van der Waals surface area contributed by atoms with Crippen LogP contribution < -0.4 is 5.32 Å². The molecule has 0 saturated heterocycles.